The summed E-state index contributed by atoms with van der Waals surface area (Å²) in [5.74, 6) is -0.325. The second-order valence-electron chi connectivity index (χ2n) is 19.4. The summed E-state index contributed by atoms with van der Waals surface area (Å²) in [5, 5.41) is 56.8. The molecule has 0 unspecified atom stereocenters. The van der Waals surface area contributed by atoms with E-state index < -0.39 is 90.8 Å². The standard InChI is InChI=1S/C43H66O15/c1-21-39(49)33(55-23(3)44)18-38(53-21)58-40-22(2)54-36(17-32(40)46)52-20-28-14-26(45)15-37(57-28)56-27-8-10-41(4)25(13-27)6-7-30-31(41)16-34(47)42(5)29(9-11-43(30,42)50)24-12-35(48)51-19-24/h12,21-22,25-34,36-40,45-47,49-50H,6-11,13-20H2,1-5H3/t21-,22-,25+,26+,27+,28+,29+,30+,31-,32-,33+,34-,36+,37+,38-,39+,40+,41+,42+,43+/m1/s1. The minimum Gasteiger partial charge on any atom is -0.459 e. The zero-order chi connectivity index (χ0) is 41.3. The van der Waals surface area contributed by atoms with Crippen LogP contribution < -0.4 is 0 Å². The predicted molar refractivity (Wildman–Crippen MR) is 202 cm³/mol. The lowest BCUT2D eigenvalue weighted by Gasteiger charge is -2.65. The van der Waals surface area contributed by atoms with Gasteiger partial charge < -0.3 is 63.4 Å². The van der Waals surface area contributed by atoms with Crippen LogP contribution in [0.15, 0.2) is 11.6 Å². The van der Waals surface area contributed by atoms with E-state index in [0.29, 0.717) is 31.6 Å². The Morgan fingerprint density at radius 1 is 0.845 bits per heavy atom. The van der Waals surface area contributed by atoms with E-state index in [-0.39, 0.29) is 61.3 Å². The molecule has 4 heterocycles. The molecule has 8 aliphatic rings. The van der Waals surface area contributed by atoms with Crippen LogP contribution in [0.2, 0.25) is 0 Å². The zero-order valence-electron chi connectivity index (χ0n) is 34.6. The average Bonchev–Trinajstić information content (AvgIpc) is 3.71. The summed E-state index contributed by atoms with van der Waals surface area (Å²) in [7, 11) is 0. The first-order valence-corrected chi connectivity index (χ1v) is 21.9. The summed E-state index contributed by atoms with van der Waals surface area (Å²) in [6.45, 7) is 9.49. The van der Waals surface area contributed by atoms with Crippen molar-refractivity contribution in [2.45, 2.75) is 197 Å². The number of fused-ring (bicyclic) bond motifs is 5. The number of rotatable bonds is 9. The van der Waals surface area contributed by atoms with Crippen molar-refractivity contribution in [2.75, 3.05) is 13.2 Å². The van der Waals surface area contributed by atoms with Gasteiger partial charge in [-0.3, -0.25) is 4.79 Å². The molecule has 15 heteroatoms. The Morgan fingerprint density at radius 2 is 1.60 bits per heavy atom. The molecule has 20 atom stereocenters. The molecule has 58 heavy (non-hydrogen) atoms. The van der Waals surface area contributed by atoms with Gasteiger partial charge in [0, 0.05) is 44.1 Å². The molecule has 0 radical (unpaired) electrons. The van der Waals surface area contributed by atoms with Gasteiger partial charge in [0.25, 0.3) is 0 Å². The maximum atomic E-state index is 12.6. The highest BCUT2D eigenvalue weighted by Crippen LogP contribution is 2.70. The SMILES string of the molecule is CC(=O)O[C@H]1C[C@@H](O[C@@H]2[C@H](O)C[C@@H](OC[C@@H]3C[C@H](O)C[C@@H](O[C@H]4CC[C@@]5(C)[C@@H](CC[C@H]6[C@H]5C[C@@H](O)[C@]5(C)[C@H](C7=CC(=O)OC7)CC[C@]65O)C4)O3)O[C@@H]2C)O[C@H](C)[C@@H]1O. The second-order valence-corrected chi connectivity index (χ2v) is 19.4. The van der Waals surface area contributed by atoms with E-state index in [2.05, 4.69) is 6.92 Å². The summed E-state index contributed by atoms with van der Waals surface area (Å²) in [6, 6.07) is 0. The summed E-state index contributed by atoms with van der Waals surface area (Å²) >= 11 is 0. The molecule has 5 N–H and O–H groups in total. The molecule has 328 valence electrons. The number of carbonyl (C=O) groups excluding carboxylic acids is 2. The van der Waals surface area contributed by atoms with Gasteiger partial charge in [-0.05, 0) is 99.9 Å². The van der Waals surface area contributed by atoms with Crippen LogP contribution in [-0.2, 0) is 47.5 Å². The first-order chi connectivity index (χ1) is 27.5. The molecule has 7 fully saturated rings. The Hall–Kier alpha value is -1.76. The lowest BCUT2D eigenvalue weighted by atomic mass is 9.42. The Kier molecular flexibility index (Phi) is 12.2. The van der Waals surface area contributed by atoms with E-state index in [1.807, 2.05) is 6.92 Å². The fourth-order valence-corrected chi connectivity index (χ4v) is 13.0. The smallest absolute Gasteiger partial charge is 0.331 e. The molecule has 4 aliphatic carbocycles. The van der Waals surface area contributed by atoms with Gasteiger partial charge in [0.1, 0.15) is 24.9 Å². The van der Waals surface area contributed by atoms with Crippen LogP contribution >= 0.6 is 0 Å². The summed E-state index contributed by atoms with van der Waals surface area (Å²) in [6.07, 6.45) is 0.332. The molecule has 0 bridgehead atoms. The molecule has 3 saturated heterocycles. The summed E-state index contributed by atoms with van der Waals surface area (Å²) in [4.78, 5) is 23.5. The molecular formula is C43H66O15. The van der Waals surface area contributed by atoms with Crippen molar-refractivity contribution in [1.82, 2.24) is 0 Å². The van der Waals surface area contributed by atoms with E-state index in [1.165, 1.54) is 6.92 Å². The Morgan fingerprint density at radius 3 is 2.33 bits per heavy atom. The van der Waals surface area contributed by atoms with E-state index in [0.717, 1.165) is 44.1 Å². The molecule has 4 saturated carbocycles. The molecule has 0 aromatic heterocycles. The number of esters is 2. The fraction of sp³-hybridized carbons (Fsp3) is 0.907. The van der Waals surface area contributed by atoms with Gasteiger partial charge in [-0.2, -0.15) is 0 Å². The number of aliphatic hydroxyl groups excluding tert-OH is 4. The van der Waals surface area contributed by atoms with Crippen molar-refractivity contribution >= 4 is 11.9 Å². The summed E-state index contributed by atoms with van der Waals surface area (Å²) in [5.41, 5.74) is -0.908. The molecule has 0 aromatic rings. The van der Waals surface area contributed by atoms with Crippen LogP contribution in [0.3, 0.4) is 0 Å². The van der Waals surface area contributed by atoms with Crippen molar-refractivity contribution in [1.29, 1.82) is 0 Å². The van der Waals surface area contributed by atoms with Crippen LogP contribution in [-0.4, -0.2) is 136 Å². The van der Waals surface area contributed by atoms with Gasteiger partial charge in [0.15, 0.2) is 18.9 Å². The van der Waals surface area contributed by atoms with Crippen molar-refractivity contribution in [3.63, 3.8) is 0 Å². The number of hydrogen-bond acceptors (Lipinski definition) is 15. The molecule has 0 spiro atoms. The minimum absolute atomic E-state index is 0.0469. The van der Waals surface area contributed by atoms with Crippen LogP contribution in [0.5, 0.6) is 0 Å². The first kappa shape index (κ1) is 42.9. The largest absolute Gasteiger partial charge is 0.459 e. The first-order valence-electron chi connectivity index (χ1n) is 21.9. The number of ether oxygens (including phenoxy) is 8. The van der Waals surface area contributed by atoms with Crippen molar-refractivity contribution < 1.29 is 73.0 Å². The van der Waals surface area contributed by atoms with Gasteiger partial charge in [-0.25, -0.2) is 4.79 Å². The normalized spacial score (nSPS) is 51.9. The highest BCUT2D eigenvalue weighted by Gasteiger charge is 2.71. The van der Waals surface area contributed by atoms with Gasteiger partial charge >= 0.3 is 11.9 Å². The number of aliphatic hydroxyl groups is 5. The van der Waals surface area contributed by atoms with Crippen LogP contribution in [0, 0.1) is 34.5 Å². The topological polar surface area (TPSA) is 209 Å². The highest BCUT2D eigenvalue weighted by atomic mass is 16.7. The third kappa shape index (κ3) is 7.82. The van der Waals surface area contributed by atoms with Gasteiger partial charge in [-0.1, -0.05) is 13.8 Å². The molecule has 0 amide bonds. The average molecular weight is 823 g/mol. The minimum atomic E-state index is -1.02. The van der Waals surface area contributed by atoms with Crippen LogP contribution in [0.4, 0.5) is 0 Å². The maximum absolute atomic E-state index is 12.6. The quantitative estimate of drug-likeness (QED) is 0.167. The van der Waals surface area contributed by atoms with Gasteiger partial charge in [0.2, 0.25) is 0 Å². The van der Waals surface area contributed by atoms with Crippen LogP contribution in [0.1, 0.15) is 112 Å². The molecular weight excluding hydrogens is 756 g/mol. The van der Waals surface area contributed by atoms with Crippen molar-refractivity contribution in [3.05, 3.63) is 11.6 Å². The predicted octanol–water partition coefficient (Wildman–Crippen LogP) is 2.79. The highest BCUT2D eigenvalue weighted by molar-refractivity contribution is 5.85. The van der Waals surface area contributed by atoms with E-state index in [1.54, 1.807) is 19.9 Å². The van der Waals surface area contributed by atoms with E-state index in [4.69, 9.17) is 37.9 Å². The summed E-state index contributed by atoms with van der Waals surface area (Å²) < 4.78 is 47.5. The Labute approximate surface area is 341 Å². The molecule has 15 nitrogen and oxygen atoms in total. The van der Waals surface area contributed by atoms with Crippen molar-refractivity contribution in [2.24, 2.45) is 34.5 Å². The number of cyclic esters (lactones) is 1. The zero-order valence-corrected chi connectivity index (χ0v) is 34.6. The monoisotopic (exact) mass is 822 g/mol. The Bertz CT molecular complexity index is 1530. The lowest BCUT2D eigenvalue weighted by Crippen LogP contribution is -2.67. The lowest BCUT2D eigenvalue weighted by molar-refractivity contribution is -0.317. The van der Waals surface area contributed by atoms with Crippen molar-refractivity contribution in [3.8, 4) is 0 Å². The van der Waals surface area contributed by atoms with E-state index >= 15 is 0 Å². The van der Waals surface area contributed by atoms with Crippen LogP contribution in [0.25, 0.3) is 0 Å². The molecule has 0 aromatic carbocycles. The molecule has 8 rings (SSSR count). The third-order valence-corrected chi connectivity index (χ3v) is 16.1. The second kappa shape index (κ2) is 16.5. The van der Waals surface area contributed by atoms with E-state index in [9.17, 15) is 35.1 Å². The third-order valence-electron chi connectivity index (χ3n) is 16.1. The van der Waals surface area contributed by atoms with Gasteiger partial charge in [0.05, 0.1) is 54.9 Å². The van der Waals surface area contributed by atoms with Gasteiger partial charge in [-0.15, -0.1) is 0 Å². The Balaban J connectivity index is 0.821. The maximum Gasteiger partial charge on any atom is 0.331 e. The number of hydrogen-bond donors (Lipinski definition) is 5. The fourth-order valence-electron chi connectivity index (χ4n) is 13.0. The number of carbonyl (C=O) groups is 2. The molecule has 4 aliphatic heterocycles.